The van der Waals surface area contributed by atoms with E-state index in [0.717, 1.165) is 36.1 Å². The van der Waals surface area contributed by atoms with Crippen molar-refractivity contribution in [2.75, 3.05) is 11.9 Å². The Balaban J connectivity index is 2.86. The van der Waals surface area contributed by atoms with Gasteiger partial charge < -0.3 is 5.32 Å². The molecule has 0 amide bonds. The molecule has 1 aromatic rings. The minimum Gasteiger partial charge on any atom is -0.370 e. The predicted molar refractivity (Wildman–Crippen MR) is 85.8 cm³/mol. The zero-order chi connectivity index (χ0) is 14.5. The van der Waals surface area contributed by atoms with Gasteiger partial charge in [0.2, 0.25) is 0 Å². The Morgan fingerprint density at radius 3 is 2.47 bits per heavy atom. The molecule has 0 aliphatic heterocycles. The molecule has 108 valence electrons. The van der Waals surface area contributed by atoms with E-state index in [4.69, 9.17) is 0 Å². The van der Waals surface area contributed by atoms with E-state index < -0.39 is 0 Å². The lowest BCUT2D eigenvalue weighted by atomic mass is 10.1. The van der Waals surface area contributed by atoms with E-state index in [1.54, 1.807) is 0 Å². The molecule has 0 unspecified atom stereocenters. The highest BCUT2D eigenvalue weighted by molar-refractivity contribution is 7.99. The van der Waals surface area contributed by atoms with E-state index in [-0.39, 0.29) is 4.75 Å². The topological polar surface area (TPSA) is 37.8 Å². The van der Waals surface area contributed by atoms with Crippen molar-refractivity contribution in [3.63, 3.8) is 0 Å². The van der Waals surface area contributed by atoms with Crippen molar-refractivity contribution in [1.82, 2.24) is 9.97 Å². The van der Waals surface area contributed by atoms with E-state index >= 15 is 0 Å². The molecule has 0 radical (unpaired) electrons. The Morgan fingerprint density at radius 2 is 1.95 bits per heavy atom. The fraction of sp³-hybridized carbons (Fsp3) is 0.733. The first-order valence-electron chi connectivity index (χ1n) is 7.05. The third-order valence-corrected chi connectivity index (χ3v) is 3.70. The van der Waals surface area contributed by atoms with Crippen LogP contribution in [-0.2, 0) is 12.2 Å². The van der Waals surface area contributed by atoms with Crippen LogP contribution in [-0.4, -0.2) is 21.3 Å². The highest BCUT2D eigenvalue weighted by atomic mass is 32.2. The van der Waals surface area contributed by atoms with Gasteiger partial charge in [-0.05, 0) is 19.3 Å². The summed E-state index contributed by atoms with van der Waals surface area (Å²) in [6, 6.07) is 2.08. The van der Waals surface area contributed by atoms with Gasteiger partial charge in [-0.3, -0.25) is 0 Å². The molecule has 0 saturated heterocycles. The molecule has 0 saturated carbocycles. The lowest BCUT2D eigenvalue weighted by Gasteiger charge is -2.17. The Hall–Kier alpha value is -0.770. The number of rotatable bonds is 6. The van der Waals surface area contributed by atoms with Crippen molar-refractivity contribution in [3.05, 3.63) is 17.6 Å². The number of aromatic nitrogens is 2. The van der Waals surface area contributed by atoms with E-state index in [1.165, 1.54) is 0 Å². The van der Waals surface area contributed by atoms with Gasteiger partial charge in [0.25, 0.3) is 0 Å². The molecule has 0 spiro atoms. The van der Waals surface area contributed by atoms with Gasteiger partial charge in [0, 0.05) is 23.1 Å². The van der Waals surface area contributed by atoms with Crippen LogP contribution < -0.4 is 5.32 Å². The third kappa shape index (κ3) is 6.81. The Morgan fingerprint density at radius 1 is 1.26 bits per heavy atom. The van der Waals surface area contributed by atoms with Crippen LogP contribution >= 0.6 is 11.8 Å². The van der Waals surface area contributed by atoms with Crippen molar-refractivity contribution in [2.45, 2.75) is 58.5 Å². The standard InChI is InChI=1S/C15H27N3S/c1-7-16-13-9-12(8-11(2)3)17-14(18-13)10-19-15(4,5)6/h9,11H,7-8,10H2,1-6H3,(H,16,17,18). The second-order valence-electron chi connectivity index (χ2n) is 6.19. The zero-order valence-electron chi connectivity index (χ0n) is 13.1. The van der Waals surface area contributed by atoms with Crippen molar-refractivity contribution < 1.29 is 0 Å². The minimum absolute atomic E-state index is 0.246. The summed E-state index contributed by atoms with van der Waals surface area (Å²) in [5.41, 5.74) is 1.14. The molecule has 19 heavy (non-hydrogen) atoms. The fourth-order valence-corrected chi connectivity index (χ4v) is 2.38. The van der Waals surface area contributed by atoms with E-state index in [1.807, 2.05) is 11.8 Å². The molecule has 3 nitrogen and oxygen atoms in total. The van der Waals surface area contributed by atoms with Gasteiger partial charge in [0.15, 0.2) is 0 Å². The second-order valence-corrected chi connectivity index (χ2v) is 7.99. The Bertz CT molecular complexity index is 397. The first-order chi connectivity index (χ1) is 8.80. The molecule has 0 atom stereocenters. The van der Waals surface area contributed by atoms with Gasteiger partial charge in [0.1, 0.15) is 11.6 Å². The maximum atomic E-state index is 4.69. The number of hydrogen-bond acceptors (Lipinski definition) is 4. The van der Waals surface area contributed by atoms with Crippen LogP contribution in [0.4, 0.5) is 5.82 Å². The van der Waals surface area contributed by atoms with Gasteiger partial charge in [-0.1, -0.05) is 34.6 Å². The zero-order valence-corrected chi connectivity index (χ0v) is 13.9. The molecule has 0 fully saturated rings. The summed E-state index contributed by atoms with van der Waals surface area (Å²) in [5, 5.41) is 3.30. The van der Waals surface area contributed by atoms with Gasteiger partial charge in [0.05, 0.1) is 5.75 Å². The average molecular weight is 281 g/mol. The molecule has 0 aromatic carbocycles. The first kappa shape index (κ1) is 16.3. The largest absolute Gasteiger partial charge is 0.370 e. The molecule has 1 heterocycles. The van der Waals surface area contributed by atoms with Gasteiger partial charge in [-0.25, -0.2) is 9.97 Å². The van der Waals surface area contributed by atoms with Gasteiger partial charge in [-0.2, -0.15) is 0 Å². The van der Waals surface area contributed by atoms with Crippen LogP contribution in [0.2, 0.25) is 0 Å². The number of thioether (sulfide) groups is 1. The third-order valence-electron chi connectivity index (χ3n) is 2.44. The molecule has 0 bridgehead atoms. The van der Waals surface area contributed by atoms with Crippen molar-refractivity contribution >= 4 is 17.6 Å². The lowest BCUT2D eigenvalue weighted by molar-refractivity contribution is 0.632. The number of anilines is 1. The van der Waals surface area contributed by atoms with Crippen LogP contribution in [0.15, 0.2) is 6.07 Å². The molecule has 0 aliphatic rings. The Labute approximate surface area is 122 Å². The van der Waals surface area contributed by atoms with Gasteiger partial charge >= 0.3 is 0 Å². The van der Waals surface area contributed by atoms with Crippen molar-refractivity contribution in [3.8, 4) is 0 Å². The highest BCUT2D eigenvalue weighted by Crippen LogP contribution is 2.26. The molecule has 4 heteroatoms. The smallest absolute Gasteiger partial charge is 0.140 e. The predicted octanol–water partition coefficient (Wildman–Crippen LogP) is 4.14. The SMILES string of the molecule is CCNc1cc(CC(C)C)nc(CSC(C)(C)C)n1. The van der Waals surface area contributed by atoms with Crippen LogP contribution in [0.5, 0.6) is 0 Å². The molecular formula is C15H27N3S. The summed E-state index contributed by atoms with van der Waals surface area (Å²) in [7, 11) is 0. The van der Waals surface area contributed by atoms with E-state index in [9.17, 15) is 0 Å². The summed E-state index contributed by atoms with van der Waals surface area (Å²) < 4.78 is 0.246. The molecular weight excluding hydrogens is 254 g/mol. The summed E-state index contributed by atoms with van der Waals surface area (Å²) in [6.45, 7) is 14.1. The summed E-state index contributed by atoms with van der Waals surface area (Å²) in [5.74, 6) is 3.38. The maximum absolute atomic E-state index is 4.69. The van der Waals surface area contributed by atoms with Crippen LogP contribution in [0, 0.1) is 5.92 Å². The highest BCUT2D eigenvalue weighted by Gasteiger charge is 2.13. The minimum atomic E-state index is 0.246. The monoisotopic (exact) mass is 281 g/mol. The molecule has 1 aromatic heterocycles. The quantitative estimate of drug-likeness (QED) is 0.850. The molecule has 1 N–H and O–H groups in total. The average Bonchev–Trinajstić information content (AvgIpc) is 2.24. The molecule has 1 rings (SSSR count). The number of nitrogens with zero attached hydrogens (tertiary/aromatic N) is 2. The van der Waals surface area contributed by atoms with Crippen LogP contribution in [0.1, 0.15) is 53.1 Å². The lowest BCUT2D eigenvalue weighted by Crippen LogP contribution is -2.11. The number of nitrogens with one attached hydrogen (secondary N) is 1. The van der Waals surface area contributed by atoms with Crippen molar-refractivity contribution in [2.24, 2.45) is 5.92 Å². The summed E-state index contributed by atoms with van der Waals surface area (Å²) in [4.78, 5) is 9.28. The maximum Gasteiger partial charge on any atom is 0.140 e. The van der Waals surface area contributed by atoms with E-state index in [0.29, 0.717) is 5.92 Å². The van der Waals surface area contributed by atoms with Crippen LogP contribution in [0.25, 0.3) is 0 Å². The summed E-state index contributed by atoms with van der Waals surface area (Å²) >= 11 is 1.89. The summed E-state index contributed by atoms with van der Waals surface area (Å²) in [6.07, 6.45) is 1.01. The fourth-order valence-electron chi connectivity index (χ4n) is 1.69. The normalized spacial score (nSPS) is 11.9. The first-order valence-corrected chi connectivity index (χ1v) is 8.03. The van der Waals surface area contributed by atoms with Crippen LogP contribution in [0.3, 0.4) is 0 Å². The Kier molecular flexibility index (Phi) is 6.11. The molecule has 0 aliphatic carbocycles. The van der Waals surface area contributed by atoms with Gasteiger partial charge in [-0.15, -0.1) is 11.8 Å². The number of hydrogen-bond donors (Lipinski definition) is 1. The second kappa shape index (κ2) is 7.13. The van der Waals surface area contributed by atoms with Crippen molar-refractivity contribution in [1.29, 1.82) is 0 Å². The van der Waals surface area contributed by atoms with E-state index in [2.05, 4.69) is 62.9 Å².